The van der Waals surface area contributed by atoms with E-state index in [-0.39, 0.29) is 0 Å². The summed E-state index contributed by atoms with van der Waals surface area (Å²) in [6.45, 7) is 9.36. The van der Waals surface area contributed by atoms with Crippen molar-refractivity contribution in [1.29, 1.82) is 0 Å². The molecule has 1 saturated heterocycles. The Hall–Kier alpha value is -0.570. The molecule has 0 aromatic heterocycles. The van der Waals surface area contributed by atoms with E-state index >= 15 is 0 Å². The van der Waals surface area contributed by atoms with Crippen molar-refractivity contribution in [3.05, 3.63) is 0 Å². The molecular formula is C13H26N2O. The average molecular weight is 226 g/mol. The van der Waals surface area contributed by atoms with Gasteiger partial charge in [-0.25, -0.2) is 0 Å². The van der Waals surface area contributed by atoms with Gasteiger partial charge in [-0.2, -0.15) is 0 Å². The maximum Gasteiger partial charge on any atom is 0.222 e. The molecule has 94 valence electrons. The van der Waals surface area contributed by atoms with Gasteiger partial charge in [0.2, 0.25) is 5.91 Å². The number of likely N-dealkylation sites (tertiary alicyclic amines) is 1. The van der Waals surface area contributed by atoms with E-state index in [2.05, 4.69) is 19.2 Å². The largest absolute Gasteiger partial charge is 0.342 e. The summed E-state index contributed by atoms with van der Waals surface area (Å²) in [5, 5.41) is 3.61. The molecule has 0 bridgehead atoms. The first-order valence-electron chi connectivity index (χ1n) is 6.74. The van der Waals surface area contributed by atoms with Crippen LogP contribution >= 0.6 is 0 Å². The molecule has 0 aromatic carbocycles. The number of nitrogens with one attached hydrogen (secondary N) is 1. The second-order valence-electron chi connectivity index (χ2n) is 4.71. The lowest BCUT2D eigenvalue weighted by molar-refractivity contribution is -0.133. The first-order valence-corrected chi connectivity index (χ1v) is 6.74. The lowest BCUT2D eigenvalue weighted by Gasteiger charge is -2.38. The Bertz CT molecular complexity index is 218. The van der Waals surface area contributed by atoms with Gasteiger partial charge in [0.25, 0.3) is 0 Å². The smallest absolute Gasteiger partial charge is 0.222 e. The molecule has 1 amide bonds. The predicted molar refractivity (Wildman–Crippen MR) is 67.4 cm³/mol. The summed E-state index contributed by atoms with van der Waals surface area (Å²) in [6, 6.07) is 0.617. The second kappa shape index (κ2) is 6.89. The molecule has 2 unspecified atom stereocenters. The summed E-state index contributed by atoms with van der Waals surface area (Å²) in [6.07, 6.45) is 4.10. The highest BCUT2D eigenvalue weighted by Gasteiger charge is 2.28. The van der Waals surface area contributed by atoms with Crippen molar-refractivity contribution in [2.45, 2.75) is 52.5 Å². The number of carbonyl (C=O) groups is 1. The molecule has 1 fully saturated rings. The van der Waals surface area contributed by atoms with Gasteiger partial charge in [0.1, 0.15) is 0 Å². The van der Waals surface area contributed by atoms with Crippen LogP contribution in [0.4, 0.5) is 0 Å². The van der Waals surface area contributed by atoms with Crippen LogP contribution in [-0.4, -0.2) is 36.5 Å². The summed E-state index contributed by atoms with van der Waals surface area (Å²) in [4.78, 5) is 13.7. The van der Waals surface area contributed by atoms with Gasteiger partial charge in [0.05, 0.1) is 0 Å². The van der Waals surface area contributed by atoms with Crippen LogP contribution in [0.1, 0.15) is 46.5 Å². The lowest BCUT2D eigenvalue weighted by Crippen LogP contribution is -2.50. The fourth-order valence-electron chi connectivity index (χ4n) is 2.49. The maximum absolute atomic E-state index is 11.7. The van der Waals surface area contributed by atoms with Crippen molar-refractivity contribution >= 4 is 5.91 Å². The third kappa shape index (κ3) is 3.48. The van der Waals surface area contributed by atoms with Crippen LogP contribution in [0.25, 0.3) is 0 Å². The lowest BCUT2D eigenvalue weighted by atomic mass is 9.89. The number of nitrogens with zero attached hydrogens (tertiary/aromatic N) is 1. The first kappa shape index (κ1) is 13.5. The van der Waals surface area contributed by atoms with Crippen LogP contribution in [0.2, 0.25) is 0 Å². The molecule has 0 aromatic rings. The molecule has 0 aliphatic carbocycles. The zero-order valence-corrected chi connectivity index (χ0v) is 11.0. The van der Waals surface area contributed by atoms with E-state index in [0.717, 1.165) is 32.5 Å². The molecule has 1 aliphatic rings. The van der Waals surface area contributed by atoms with Gasteiger partial charge >= 0.3 is 0 Å². The number of amides is 1. The molecule has 16 heavy (non-hydrogen) atoms. The zero-order valence-electron chi connectivity index (χ0n) is 11.0. The highest BCUT2D eigenvalue weighted by molar-refractivity contribution is 5.75. The number of hydrogen-bond donors (Lipinski definition) is 1. The minimum Gasteiger partial charge on any atom is -0.342 e. The third-order valence-electron chi connectivity index (χ3n) is 3.57. The van der Waals surface area contributed by atoms with Crippen molar-refractivity contribution in [3.8, 4) is 0 Å². The van der Waals surface area contributed by atoms with Crippen LogP contribution in [0.5, 0.6) is 0 Å². The third-order valence-corrected chi connectivity index (χ3v) is 3.57. The molecule has 0 radical (unpaired) electrons. The first-order chi connectivity index (χ1) is 7.72. The number of rotatable bonds is 5. The van der Waals surface area contributed by atoms with Crippen LogP contribution in [0, 0.1) is 5.92 Å². The minimum atomic E-state index is 0.312. The number of piperidine rings is 1. The predicted octanol–water partition coefficient (Wildman–Crippen LogP) is 2.02. The zero-order chi connectivity index (χ0) is 12.0. The summed E-state index contributed by atoms with van der Waals surface area (Å²) >= 11 is 0. The molecule has 1 N–H and O–H groups in total. The number of carbonyl (C=O) groups excluding carboxylic acids is 1. The SMILES string of the molecule is CCCNC1CCN(C(=O)CC)CC1CC. The van der Waals surface area contributed by atoms with Gasteiger partial charge in [-0.1, -0.05) is 27.2 Å². The van der Waals surface area contributed by atoms with E-state index in [1.165, 1.54) is 6.42 Å². The van der Waals surface area contributed by atoms with E-state index in [9.17, 15) is 4.79 Å². The summed E-state index contributed by atoms with van der Waals surface area (Å²) < 4.78 is 0. The van der Waals surface area contributed by atoms with Gasteiger partial charge in [-0.15, -0.1) is 0 Å². The van der Waals surface area contributed by atoms with Gasteiger partial charge in [-0.05, 0) is 25.3 Å². The van der Waals surface area contributed by atoms with Crippen LogP contribution in [0.3, 0.4) is 0 Å². The van der Waals surface area contributed by atoms with Crippen molar-refractivity contribution in [3.63, 3.8) is 0 Å². The Morgan fingerprint density at radius 3 is 2.69 bits per heavy atom. The Kier molecular flexibility index (Phi) is 5.81. The van der Waals surface area contributed by atoms with Gasteiger partial charge < -0.3 is 10.2 Å². The standard InChI is InChI=1S/C13H26N2O/c1-4-8-14-12-7-9-15(13(16)6-3)10-11(12)5-2/h11-12,14H,4-10H2,1-3H3. The Morgan fingerprint density at radius 1 is 1.38 bits per heavy atom. The van der Waals surface area contributed by atoms with Crippen molar-refractivity contribution in [1.82, 2.24) is 10.2 Å². The van der Waals surface area contributed by atoms with E-state index in [1.54, 1.807) is 0 Å². The molecule has 1 heterocycles. The minimum absolute atomic E-state index is 0.312. The summed E-state index contributed by atoms with van der Waals surface area (Å²) in [5.74, 6) is 0.947. The maximum atomic E-state index is 11.7. The van der Waals surface area contributed by atoms with E-state index in [1.807, 2.05) is 11.8 Å². The second-order valence-corrected chi connectivity index (χ2v) is 4.71. The molecule has 0 saturated carbocycles. The normalized spacial score (nSPS) is 25.8. The van der Waals surface area contributed by atoms with Crippen molar-refractivity contribution in [2.75, 3.05) is 19.6 Å². The topological polar surface area (TPSA) is 32.3 Å². The van der Waals surface area contributed by atoms with E-state index < -0.39 is 0 Å². The van der Waals surface area contributed by atoms with Gasteiger partial charge in [0, 0.05) is 25.6 Å². The molecule has 3 heteroatoms. The summed E-state index contributed by atoms with van der Waals surface area (Å²) in [5.41, 5.74) is 0. The fraction of sp³-hybridized carbons (Fsp3) is 0.923. The number of hydrogen-bond acceptors (Lipinski definition) is 2. The monoisotopic (exact) mass is 226 g/mol. The highest BCUT2D eigenvalue weighted by atomic mass is 16.2. The van der Waals surface area contributed by atoms with Crippen LogP contribution < -0.4 is 5.32 Å². The van der Waals surface area contributed by atoms with Crippen molar-refractivity contribution in [2.24, 2.45) is 5.92 Å². The van der Waals surface area contributed by atoms with Crippen LogP contribution in [-0.2, 0) is 4.79 Å². The molecule has 2 atom stereocenters. The molecule has 1 aliphatic heterocycles. The highest BCUT2D eigenvalue weighted by Crippen LogP contribution is 2.20. The van der Waals surface area contributed by atoms with Gasteiger partial charge in [0.15, 0.2) is 0 Å². The quantitative estimate of drug-likeness (QED) is 0.778. The Morgan fingerprint density at radius 2 is 2.12 bits per heavy atom. The molecule has 3 nitrogen and oxygen atoms in total. The molecular weight excluding hydrogens is 200 g/mol. The fourth-order valence-corrected chi connectivity index (χ4v) is 2.49. The van der Waals surface area contributed by atoms with Gasteiger partial charge in [-0.3, -0.25) is 4.79 Å². The Labute approximate surface area is 99.6 Å². The Balaban J connectivity index is 2.46. The van der Waals surface area contributed by atoms with E-state index in [0.29, 0.717) is 24.3 Å². The molecule has 0 spiro atoms. The average Bonchev–Trinajstić information content (AvgIpc) is 2.35. The van der Waals surface area contributed by atoms with Crippen molar-refractivity contribution < 1.29 is 4.79 Å². The van der Waals surface area contributed by atoms with Crippen LogP contribution in [0.15, 0.2) is 0 Å². The summed E-state index contributed by atoms with van der Waals surface area (Å²) in [7, 11) is 0. The molecule has 1 rings (SSSR count). The van der Waals surface area contributed by atoms with E-state index in [4.69, 9.17) is 0 Å².